The van der Waals surface area contributed by atoms with Gasteiger partial charge in [0.15, 0.2) is 0 Å². The fourth-order valence-corrected chi connectivity index (χ4v) is 3.42. The van der Waals surface area contributed by atoms with Crippen LogP contribution in [-0.2, 0) is 22.9 Å². The molecule has 24 heavy (non-hydrogen) atoms. The minimum absolute atomic E-state index is 0.115. The zero-order chi connectivity index (χ0) is 17.4. The summed E-state index contributed by atoms with van der Waals surface area (Å²) in [6.07, 6.45) is 1.64. The molecule has 0 spiro atoms. The molecular weight excluding hydrogens is 329 g/mol. The molecule has 0 unspecified atom stereocenters. The largest absolute Gasteiger partial charge is 0.497 e. The van der Waals surface area contributed by atoms with Crippen molar-refractivity contribution >= 4 is 10.0 Å². The van der Waals surface area contributed by atoms with Gasteiger partial charge in [0, 0.05) is 6.54 Å². The van der Waals surface area contributed by atoms with E-state index in [2.05, 4.69) is 4.72 Å². The van der Waals surface area contributed by atoms with Gasteiger partial charge in [0.1, 0.15) is 11.6 Å². The van der Waals surface area contributed by atoms with Crippen LogP contribution in [0.5, 0.6) is 5.75 Å². The van der Waals surface area contributed by atoms with Gasteiger partial charge < -0.3 is 4.74 Å². The van der Waals surface area contributed by atoms with Crippen LogP contribution in [0.1, 0.15) is 17.5 Å². The molecule has 0 heterocycles. The van der Waals surface area contributed by atoms with Gasteiger partial charge in [-0.2, -0.15) is 0 Å². The summed E-state index contributed by atoms with van der Waals surface area (Å²) < 4.78 is 45.1. The van der Waals surface area contributed by atoms with Gasteiger partial charge in [0.2, 0.25) is 10.0 Å². The number of halogens is 1. The molecule has 0 bridgehead atoms. The lowest BCUT2D eigenvalue weighted by Crippen LogP contribution is -2.28. The van der Waals surface area contributed by atoms with E-state index in [1.165, 1.54) is 6.07 Å². The summed E-state index contributed by atoms with van der Waals surface area (Å²) in [6.45, 7) is 0.367. The minimum atomic E-state index is -3.40. The van der Waals surface area contributed by atoms with Crippen molar-refractivity contribution in [3.63, 3.8) is 0 Å². The summed E-state index contributed by atoms with van der Waals surface area (Å²) in [5.41, 5.74) is 1.54. The number of benzene rings is 2. The first-order valence-electron chi connectivity index (χ1n) is 7.84. The average molecular weight is 351 g/mol. The molecule has 0 saturated heterocycles. The number of nitrogens with one attached hydrogen (secondary N) is 1. The van der Waals surface area contributed by atoms with Gasteiger partial charge in [-0.25, -0.2) is 17.5 Å². The van der Waals surface area contributed by atoms with Crippen molar-refractivity contribution in [1.29, 1.82) is 0 Å². The van der Waals surface area contributed by atoms with E-state index in [0.29, 0.717) is 18.5 Å². The normalized spacial score (nSPS) is 11.4. The number of ether oxygens (including phenoxy) is 1. The van der Waals surface area contributed by atoms with Gasteiger partial charge >= 0.3 is 0 Å². The van der Waals surface area contributed by atoms with Crippen molar-refractivity contribution in [3.8, 4) is 5.75 Å². The van der Waals surface area contributed by atoms with Crippen LogP contribution >= 0.6 is 0 Å². The van der Waals surface area contributed by atoms with E-state index < -0.39 is 10.0 Å². The molecule has 1 N–H and O–H groups in total. The standard InChI is InChI=1S/C18H22FNO3S/c1-23-17-10-8-15(9-11-17)5-4-13-20-24(21,22)14-12-16-6-2-3-7-18(16)19/h2-3,6-11,20H,4-5,12-14H2,1H3. The fraction of sp³-hybridized carbons (Fsp3) is 0.333. The van der Waals surface area contributed by atoms with Crippen molar-refractivity contribution in [1.82, 2.24) is 4.72 Å². The first-order chi connectivity index (χ1) is 11.5. The predicted octanol–water partition coefficient (Wildman–Crippen LogP) is 2.93. The molecule has 6 heteroatoms. The van der Waals surface area contributed by atoms with E-state index in [1.54, 1.807) is 25.3 Å². The highest BCUT2D eigenvalue weighted by atomic mass is 32.2. The Labute approximate surface area is 142 Å². The quantitative estimate of drug-likeness (QED) is 0.707. The summed E-state index contributed by atoms with van der Waals surface area (Å²) in [5.74, 6) is 0.316. The molecule has 2 rings (SSSR count). The zero-order valence-electron chi connectivity index (χ0n) is 13.7. The van der Waals surface area contributed by atoms with E-state index >= 15 is 0 Å². The Morgan fingerprint density at radius 3 is 2.42 bits per heavy atom. The van der Waals surface area contributed by atoms with Crippen LogP contribution in [0.25, 0.3) is 0 Å². The molecule has 0 radical (unpaired) electrons. The fourth-order valence-electron chi connectivity index (χ4n) is 2.33. The van der Waals surface area contributed by atoms with Gasteiger partial charge in [-0.15, -0.1) is 0 Å². The number of hydrogen-bond acceptors (Lipinski definition) is 3. The summed E-state index contributed by atoms with van der Waals surface area (Å²) >= 11 is 0. The second kappa shape index (κ2) is 8.80. The molecule has 130 valence electrons. The monoisotopic (exact) mass is 351 g/mol. The molecule has 0 amide bonds. The second-order valence-corrected chi connectivity index (χ2v) is 7.43. The second-order valence-electron chi connectivity index (χ2n) is 5.51. The summed E-state index contributed by atoms with van der Waals surface area (Å²) in [4.78, 5) is 0. The van der Waals surface area contributed by atoms with E-state index in [-0.39, 0.29) is 18.0 Å². The van der Waals surface area contributed by atoms with Crippen LogP contribution in [0.3, 0.4) is 0 Å². The summed E-state index contributed by atoms with van der Waals surface area (Å²) in [6, 6.07) is 13.9. The average Bonchev–Trinajstić information content (AvgIpc) is 2.59. The van der Waals surface area contributed by atoms with Crippen LogP contribution in [0, 0.1) is 5.82 Å². The minimum Gasteiger partial charge on any atom is -0.497 e. The Hall–Kier alpha value is -1.92. The summed E-state index contributed by atoms with van der Waals surface area (Å²) in [7, 11) is -1.78. The van der Waals surface area contributed by atoms with E-state index in [1.807, 2.05) is 24.3 Å². The maximum absolute atomic E-state index is 13.5. The predicted molar refractivity (Wildman–Crippen MR) is 93.2 cm³/mol. The Kier molecular flexibility index (Phi) is 6.75. The van der Waals surface area contributed by atoms with Crippen LogP contribution in [0.2, 0.25) is 0 Å². The van der Waals surface area contributed by atoms with Gasteiger partial charge in [-0.05, 0) is 48.6 Å². The molecule has 0 aliphatic carbocycles. The van der Waals surface area contributed by atoms with Gasteiger partial charge in [-0.1, -0.05) is 30.3 Å². The highest BCUT2D eigenvalue weighted by molar-refractivity contribution is 7.89. The van der Waals surface area contributed by atoms with Crippen LogP contribution in [0.4, 0.5) is 4.39 Å². The van der Waals surface area contributed by atoms with Gasteiger partial charge in [-0.3, -0.25) is 0 Å². The lowest BCUT2D eigenvalue weighted by atomic mass is 10.1. The van der Waals surface area contributed by atoms with Crippen LogP contribution < -0.4 is 9.46 Å². The molecule has 0 saturated carbocycles. The highest BCUT2D eigenvalue weighted by Crippen LogP contribution is 2.12. The van der Waals surface area contributed by atoms with Crippen molar-refractivity contribution in [3.05, 3.63) is 65.5 Å². The third-order valence-electron chi connectivity index (χ3n) is 3.72. The SMILES string of the molecule is COc1ccc(CCCNS(=O)(=O)CCc2ccccc2F)cc1. The number of rotatable bonds is 9. The number of sulfonamides is 1. The molecule has 2 aromatic carbocycles. The Morgan fingerprint density at radius 1 is 1.04 bits per heavy atom. The first-order valence-corrected chi connectivity index (χ1v) is 9.49. The van der Waals surface area contributed by atoms with Crippen molar-refractivity contribution < 1.29 is 17.5 Å². The smallest absolute Gasteiger partial charge is 0.211 e. The third kappa shape index (κ3) is 5.94. The zero-order valence-corrected chi connectivity index (χ0v) is 14.5. The molecule has 0 fully saturated rings. The van der Waals surface area contributed by atoms with Crippen molar-refractivity contribution in [2.24, 2.45) is 0 Å². The lowest BCUT2D eigenvalue weighted by molar-refractivity contribution is 0.414. The van der Waals surface area contributed by atoms with Crippen LogP contribution in [0.15, 0.2) is 48.5 Å². The van der Waals surface area contributed by atoms with Crippen molar-refractivity contribution in [2.45, 2.75) is 19.3 Å². The maximum atomic E-state index is 13.5. The van der Waals surface area contributed by atoms with Gasteiger partial charge in [0.25, 0.3) is 0 Å². The number of hydrogen-bond donors (Lipinski definition) is 1. The topological polar surface area (TPSA) is 55.4 Å². The third-order valence-corrected chi connectivity index (χ3v) is 5.11. The van der Waals surface area contributed by atoms with Crippen LogP contribution in [-0.4, -0.2) is 27.8 Å². The van der Waals surface area contributed by atoms with E-state index in [9.17, 15) is 12.8 Å². The molecule has 2 aromatic rings. The molecule has 0 aliphatic rings. The summed E-state index contributed by atoms with van der Waals surface area (Å²) in [5, 5.41) is 0. The molecule has 0 aliphatic heterocycles. The Morgan fingerprint density at radius 2 is 1.75 bits per heavy atom. The Balaban J connectivity index is 1.73. The maximum Gasteiger partial charge on any atom is 0.211 e. The lowest BCUT2D eigenvalue weighted by Gasteiger charge is -2.08. The highest BCUT2D eigenvalue weighted by Gasteiger charge is 2.11. The first kappa shape index (κ1) is 18.4. The molecule has 0 aromatic heterocycles. The van der Waals surface area contributed by atoms with Crippen molar-refractivity contribution in [2.75, 3.05) is 19.4 Å². The molecule has 4 nitrogen and oxygen atoms in total. The Bertz CT molecular complexity index is 745. The molecule has 0 atom stereocenters. The number of aryl methyl sites for hydroxylation is 2. The van der Waals surface area contributed by atoms with Gasteiger partial charge in [0.05, 0.1) is 12.9 Å². The van der Waals surface area contributed by atoms with E-state index in [4.69, 9.17) is 4.74 Å². The van der Waals surface area contributed by atoms with E-state index in [0.717, 1.165) is 17.7 Å². The molecular formula is C18H22FNO3S. The number of methoxy groups -OCH3 is 1.